The van der Waals surface area contributed by atoms with Gasteiger partial charge >= 0.3 is 0 Å². The number of fused-ring (bicyclic) bond motifs is 1. The molecule has 1 N–H and O–H groups in total. The number of benzene rings is 1. The molecule has 0 unspecified atom stereocenters. The third-order valence-corrected chi connectivity index (χ3v) is 2.02. The SMILES string of the molecule is O=Pc1ccc2[nH]ncc2c1. The van der Waals surface area contributed by atoms with Gasteiger partial charge in [0.2, 0.25) is 0 Å². The molecule has 0 fully saturated rings. The zero-order valence-electron chi connectivity index (χ0n) is 5.61. The van der Waals surface area contributed by atoms with Crippen molar-refractivity contribution in [3.05, 3.63) is 24.4 Å². The molecule has 1 aromatic heterocycles. The monoisotopic (exact) mass is 164 g/mol. The highest BCUT2D eigenvalue weighted by Gasteiger charge is 1.95. The third-order valence-electron chi connectivity index (χ3n) is 1.53. The largest absolute Gasteiger partial charge is 0.278 e. The molecular weight excluding hydrogens is 159 g/mol. The van der Waals surface area contributed by atoms with Gasteiger partial charge in [-0.15, -0.1) is 0 Å². The lowest BCUT2D eigenvalue weighted by Gasteiger charge is -1.87. The normalized spacial score (nSPS) is 10.9. The van der Waals surface area contributed by atoms with Gasteiger partial charge in [-0.2, -0.15) is 5.10 Å². The van der Waals surface area contributed by atoms with Crippen molar-refractivity contribution < 1.29 is 4.57 Å². The topological polar surface area (TPSA) is 45.8 Å². The van der Waals surface area contributed by atoms with E-state index in [-0.39, 0.29) is 8.46 Å². The van der Waals surface area contributed by atoms with E-state index in [1.165, 1.54) is 0 Å². The number of rotatable bonds is 1. The van der Waals surface area contributed by atoms with Crippen LogP contribution in [0.3, 0.4) is 0 Å². The van der Waals surface area contributed by atoms with E-state index in [1.807, 2.05) is 12.1 Å². The summed E-state index contributed by atoms with van der Waals surface area (Å²) in [5.41, 5.74) is 0.970. The molecule has 3 nitrogen and oxygen atoms in total. The molecule has 54 valence electrons. The van der Waals surface area contributed by atoms with E-state index in [0.29, 0.717) is 0 Å². The summed E-state index contributed by atoms with van der Waals surface area (Å²) in [4.78, 5) is 0. The first kappa shape index (κ1) is 6.50. The fraction of sp³-hybridized carbons (Fsp3) is 0. The summed E-state index contributed by atoms with van der Waals surface area (Å²) in [6.45, 7) is 0. The quantitative estimate of drug-likeness (QED) is 0.649. The van der Waals surface area contributed by atoms with Gasteiger partial charge in [0.25, 0.3) is 0 Å². The molecule has 0 atom stereocenters. The van der Waals surface area contributed by atoms with Gasteiger partial charge in [-0.3, -0.25) is 9.66 Å². The molecule has 0 bridgehead atoms. The third kappa shape index (κ3) is 1.03. The Morgan fingerprint density at radius 2 is 2.36 bits per heavy atom. The Bertz CT molecular complexity index is 396. The second kappa shape index (κ2) is 2.44. The number of nitrogens with one attached hydrogen (secondary N) is 1. The fourth-order valence-corrected chi connectivity index (χ4v) is 1.31. The van der Waals surface area contributed by atoms with Gasteiger partial charge in [0.15, 0.2) is 8.46 Å². The number of aromatic amines is 1. The lowest BCUT2D eigenvalue weighted by molar-refractivity contribution is 0.603. The summed E-state index contributed by atoms with van der Waals surface area (Å²) < 4.78 is 10.4. The van der Waals surface area contributed by atoms with Gasteiger partial charge in [-0.1, -0.05) is 0 Å². The summed E-state index contributed by atoms with van der Waals surface area (Å²) >= 11 is 0. The van der Waals surface area contributed by atoms with Crippen molar-refractivity contribution in [1.82, 2.24) is 10.2 Å². The van der Waals surface area contributed by atoms with Gasteiger partial charge in [-0.05, 0) is 18.2 Å². The first-order chi connectivity index (χ1) is 5.40. The van der Waals surface area contributed by atoms with Crippen LogP contribution in [0.25, 0.3) is 10.9 Å². The molecule has 4 heteroatoms. The van der Waals surface area contributed by atoms with Crippen molar-refractivity contribution in [2.24, 2.45) is 0 Å². The maximum Gasteiger partial charge on any atom is 0.192 e. The summed E-state index contributed by atoms with van der Waals surface area (Å²) in [5, 5.41) is 8.43. The smallest absolute Gasteiger partial charge is 0.192 e. The van der Waals surface area contributed by atoms with E-state index in [2.05, 4.69) is 10.2 Å². The first-order valence-corrected chi connectivity index (χ1v) is 3.98. The molecule has 0 saturated heterocycles. The maximum atomic E-state index is 10.4. The number of aromatic nitrogens is 2. The van der Waals surface area contributed by atoms with Crippen LogP contribution in [0.5, 0.6) is 0 Å². The van der Waals surface area contributed by atoms with Crippen LogP contribution < -0.4 is 5.30 Å². The highest BCUT2D eigenvalue weighted by molar-refractivity contribution is 7.34. The van der Waals surface area contributed by atoms with E-state index >= 15 is 0 Å². The van der Waals surface area contributed by atoms with Gasteiger partial charge in [0.05, 0.1) is 11.7 Å². The fourth-order valence-electron chi connectivity index (χ4n) is 0.987. The predicted octanol–water partition coefficient (Wildman–Crippen LogP) is 1.48. The molecule has 11 heavy (non-hydrogen) atoms. The molecule has 0 aliphatic rings. The molecule has 0 saturated carbocycles. The Balaban J connectivity index is 2.76. The molecular formula is C7H5N2OP. The second-order valence-corrected chi connectivity index (χ2v) is 2.93. The van der Waals surface area contributed by atoms with Crippen LogP contribution in [-0.2, 0) is 4.57 Å². The van der Waals surface area contributed by atoms with Crippen molar-refractivity contribution in [2.45, 2.75) is 0 Å². The summed E-state index contributed by atoms with van der Waals surface area (Å²) in [5.74, 6) is 0. The van der Waals surface area contributed by atoms with Crippen LogP contribution in [0.15, 0.2) is 24.4 Å². The van der Waals surface area contributed by atoms with Crippen molar-refractivity contribution in [3.8, 4) is 0 Å². The highest BCUT2D eigenvalue weighted by Crippen LogP contribution is 2.09. The van der Waals surface area contributed by atoms with Crippen molar-refractivity contribution >= 4 is 24.7 Å². The van der Waals surface area contributed by atoms with E-state index in [1.54, 1.807) is 12.3 Å². The Kier molecular flexibility index (Phi) is 1.44. The minimum absolute atomic E-state index is 0.0548. The summed E-state index contributed by atoms with van der Waals surface area (Å²) in [7, 11) is 0.0548. The van der Waals surface area contributed by atoms with E-state index < -0.39 is 0 Å². The van der Waals surface area contributed by atoms with Crippen LogP contribution in [-0.4, -0.2) is 10.2 Å². The number of hydrogen-bond donors (Lipinski definition) is 1. The minimum atomic E-state index is 0.0548. The van der Waals surface area contributed by atoms with Gasteiger partial charge < -0.3 is 0 Å². The van der Waals surface area contributed by atoms with E-state index in [4.69, 9.17) is 0 Å². The van der Waals surface area contributed by atoms with Crippen molar-refractivity contribution in [1.29, 1.82) is 0 Å². The van der Waals surface area contributed by atoms with Gasteiger partial charge in [0, 0.05) is 10.7 Å². The zero-order valence-corrected chi connectivity index (χ0v) is 6.51. The Hall–Kier alpha value is -1.21. The molecule has 0 amide bonds. The second-order valence-electron chi connectivity index (χ2n) is 2.23. The molecule has 0 aliphatic heterocycles. The molecule has 1 aromatic carbocycles. The Morgan fingerprint density at radius 3 is 3.18 bits per heavy atom. The number of hydrogen-bond acceptors (Lipinski definition) is 2. The predicted molar refractivity (Wildman–Crippen MR) is 43.3 cm³/mol. The standard InChI is InChI=1S/C7H5N2OP/c10-11-6-1-2-7-5(3-6)4-8-9-7/h1-4H,(H,8,9). The lowest BCUT2D eigenvalue weighted by atomic mass is 10.3. The molecule has 0 radical (unpaired) electrons. The van der Waals surface area contributed by atoms with Crippen molar-refractivity contribution in [2.75, 3.05) is 0 Å². The lowest BCUT2D eigenvalue weighted by Crippen LogP contribution is -1.87. The number of nitrogens with zero attached hydrogens (tertiary/aromatic N) is 1. The van der Waals surface area contributed by atoms with Gasteiger partial charge in [-0.25, -0.2) is 0 Å². The average Bonchev–Trinajstić information content (AvgIpc) is 2.50. The minimum Gasteiger partial charge on any atom is -0.278 e. The number of H-pyrrole nitrogens is 1. The molecule has 0 aliphatic carbocycles. The van der Waals surface area contributed by atoms with Crippen molar-refractivity contribution in [3.63, 3.8) is 0 Å². The average molecular weight is 164 g/mol. The van der Waals surface area contributed by atoms with Crippen LogP contribution in [0.4, 0.5) is 0 Å². The van der Waals surface area contributed by atoms with Crippen LogP contribution in [0.1, 0.15) is 0 Å². The molecule has 2 rings (SSSR count). The summed E-state index contributed by atoms with van der Waals surface area (Å²) in [6.07, 6.45) is 1.71. The zero-order chi connectivity index (χ0) is 7.68. The van der Waals surface area contributed by atoms with E-state index in [9.17, 15) is 4.57 Å². The molecule has 1 heterocycles. The van der Waals surface area contributed by atoms with E-state index in [0.717, 1.165) is 16.2 Å². The highest BCUT2D eigenvalue weighted by atomic mass is 31.1. The first-order valence-electron chi connectivity index (χ1n) is 3.16. The van der Waals surface area contributed by atoms with Gasteiger partial charge in [0.1, 0.15) is 0 Å². The summed E-state index contributed by atoms with van der Waals surface area (Å²) in [6, 6.07) is 5.50. The Labute approximate surface area is 64.6 Å². The van der Waals surface area contributed by atoms with Crippen LogP contribution in [0.2, 0.25) is 0 Å². The van der Waals surface area contributed by atoms with Crippen LogP contribution in [0, 0.1) is 0 Å². The van der Waals surface area contributed by atoms with Crippen LogP contribution >= 0.6 is 8.46 Å². The molecule has 0 spiro atoms. The maximum absolute atomic E-state index is 10.4. The Morgan fingerprint density at radius 1 is 1.45 bits per heavy atom. The molecule has 2 aromatic rings.